The van der Waals surface area contributed by atoms with Crippen LogP contribution in [0.1, 0.15) is 20.7 Å². The van der Waals surface area contributed by atoms with Gasteiger partial charge in [-0.15, -0.1) is 0 Å². The minimum atomic E-state index is -0.250. The Hall–Kier alpha value is -4.31. The van der Waals surface area contributed by atoms with E-state index in [9.17, 15) is 14.7 Å². The van der Waals surface area contributed by atoms with Gasteiger partial charge in [0.2, 0.25) is 0 Å². The summed E-state index contributed by atoms with van der Waals surface area (Å²) in [5.41, 5.74) is 3.22. The Balaban J connectivity index is 1.44. The minimum absolute atomic E-state index is 0.111. The highest BCUT2D eigenvalue weighted by Crippen LogP contribution is 2.35. The third kappa shape index (κ3) is 4.16. The van der Waals surface area contributed by atoms with Crippen molar-refractivity contribution in [2.45, 2.75) is 0 Å². The molecule has 1 saturated heterocycles. The van der Waals surface area contributed by atoms with Crippen molar-refractivity contribution < 1.29 is 24.2 Å². The van der Waals surface area contributed by atoms with E-state index in [0.717, 1.165) is 5.52 Å². The SMILES string of the molecule is COc1ccc(C(=O)Nc2ccc3c(c2)nc(-c2c(O)c(C(=O)N4CCOCC4)cn2C)n3C)cc1. The number of aryl methyl sites for hydroxylation is 2. The number of hydrogen-bond acceptors (Lipinski definition) is 6. The van der Waals surface area contributed by atoms with Gasteiger partial charge >= 0.3 is 0 Å². The maximum Gasteiger partial charge on any atom is 0.259 e. The van der Waals surface area contributed by atoms with E-state index in [1.54, 1.807) is 66.2 Å². The van der Waals surface area contributed by atoms with E-state index in [1.807, 2.05) is 17.7 Å². The van der Waals surface area contributed by atoms with Gasteiger partial charge in [-0.1, -0.05) is 0 Å². The molecule has 36 heavy (non-hydrogen) atoms. The summed E-state index contributed by atoms with van der Waals surface area (Å²) in [6.07, 6.45) is 1.63. The lowest BCUT2D eigenvalue weighted by molar-refractivity contribution is 0.0301. The average molecular weight is 490 g/mol. The first-order chi connectivity index (χ1) is 17.4. The summed E-state index contributed by atoms with van der Waals surface area (Å²) < 4.78 is 14.0. The zero-order chi connectivity index (χ0) is 25.4. The van der Waals surface area contributed by atoms with Gasteiger partial charge in [0.25, 0.3) is 11.8 Å². The monoisotopic (exact) mass is 489 g/mol. The number of imidazole rings is 1. The highest BCUT2D eigenvalue weighted by Gasteiger charge is 2.27. The number of methoxy groups -OCH3 is 1. The van der Waals surface area contributed by atoms with Crippen LogP contribution in [0.2, 0.25) is 0 Å². The fourth-order valence-corrected chi connectivity index (χ4v) is 4.41. The maximum atomic E-state index is 13.0. The van der Waals surface area contributed by atoms with E-state index >= 15 is 0 Å². The molecule has 3 heterocycles. The molecule has 0 bridgehead atoms. The van der Waals surface area contributed by atoms with Crippen LogP contribution in [0.4, 0.5) is 5.69 Å². The smallest absolute Gasteiger partial charge is 0.259 e. The first-order valence-corrected chi connectivity index (χ1v) is 11.5. The Kier molecular flexibility index (Phi) is 6.11. The van der Waals surface area contributed by atoms with E-state index in [2.05, 4.69) is 5.32 Å². The standard InChI is InChI=1S/C26H27N5O5/c1-29-15-19(26(34)31-10-12-36-13-11-31)23(32)22(29)24-28-20-14-17(6-9-21(20)30(24)2)27-25(33)16-4-7-18(35-3)8-5-16/h4-9,14-15,32H,10-13H2,1-3H3,(H,27,33). The molecule has 2 N–H and O–H groups in total. The number of morpholine rings is 1. The number of aromatic hydroxyl groups is 1. The first-order valence-electron chi connectivity index (χ1n) is 11.5. The highest BCUT2D eigenvalue weighted by molar-refractivity contribution is 6.05. The van der Waals surface area contributed by atoms with Crippen molar-refractivity contribution >= 4 is 28.5 Å². The zero-order valence-electron chi connectivity index (χ0n) is 20.3. The molecule has 10 heteroatoms. The van der Waals surface area contributed by atoms with Crippen molar-refractivity contribution in [3.63, 3.8) is 0 Å². The van der Waals surface area contributed by atoms with Crippen molar-refractivity contribution in [2.24, 2.45) is 14.1 Å². The number of benzene rings is 2. The molecule has 1 aliphatic heterocycles. The van der Waals surface area contributed by atoms with Crippen LogP contribution < -0.4 is 10.1 Å². The molecule has 4 aromatic rings. The molecule has 0 spiro atoms. The van der Waals surface area contributed by atoms with E-state index in [-0.39, 0.29) is 23.1 Å². The lowest BCUT2D eigenvalue weighted by Gasteiger charge is -2.26. The molecule has 0 saturated carbocycles. The minimum Gasteiger partial charge on any atom is -0.505 e. The van der Waals surface area contributed by atoms with Crippen LogP contribution in [0.25, 0.3) is 22.6 Å². The number of fused-ring (bicyclic) bond motifs is 1. The number of rotatable bonds is 5. The van der Waals surface area contributed by atoms with Crippen LogP contribution in [0.15, 0.2) is 48.7 Å². The number of ether oxygens (including phenoxy) is 2. The highest BCUT2D eigenvalue weighted by atomic mass is 16.5. The molecule has 2 aromatic carbocycles. The number of carbonyl (C=O) groups is 2. The fourth-order valence-electron chi connectivity index (χ4n) is 4.41. The number of amides is 2. The molecular formula is C26H27N5O5. The molecule has 2 aromatic heterocycles. The van der Waals surface area contributed by atoms with Gasteiger partial charge in [0, 0.05) is 44.6 Å². The summed E-state index contributed by atoms with van der Waals surface area (Å²) in [5, 5.41) is 13.9. The van der Waals surface area contributed by atoms with Crippen molar-refractivity contribution in [1.29, 1.82) is 0 Å². The lowest BCUT2D eigenvalue weighted by Crippen LogP contribution is -2.40. The lowest BCUT2D eigenvalue weighted by atomic mass is 10.2. The molecule has 0 radical (unpaired) electrons. The van der Waals surface area contributed by atoms with Crippen LogP contribution in [0.5, 0.6) is 11.5 Å². The van der Waals surface area contributed by atoms with Crippen molar-refractivity contribution in [3.8, 4) is 23.0 Å². The second-order valence-corrected chi connectivity index (χ2v) is 8.64. The average Bonchev–Trinajstić information content (AvgIpc) is 3.38. The number of nitrogens with zero attached hydrogens (tertiary/aromatic N) is 4. The molecule has 2 amide bonds. The summed E-state index contributed by atoms with van der Waals surface area (Å²) in [7, 11) is 5.19. The molecule has 1 fully saturated rings. The van der Waals surface area contributed by atoms with E-state index < -0.39 is 0 Å². The quantitative estimate of drug-likeness (QED) is 0.446. The van der Waals surface area contributed by atoms with Crippen LogP contribution in [0.3, 0.4) is 0 Å². The first kappa shape index (κ1) is 23.4. The van der Waals surface area contributed by atoms with Crippen molar-refractivity contribution in [2.75, 3.05) is 38.7 Å². The predicted octanol–water partition coefficient (Wildman–Crippen LogP) is 3.02. The number of carbonyl (C=O) groups excluding carboxylic acids is 2. The molecular weight excluding hydrogens is 462 g/mol. The van der Waals surface area contributed by atoms with E-state index in [4.69, 9.17) is 14.5 Å². The number of aromatic nitrogens is 3. The molecule has 186 valence electrons. The molecule has 10 nitrogen and oxygen atoms in total. The Morgan fingerprint density at radius 2 is 1.81 bits per heavy atom. The van der Waals surface area contributed by atoms with Gasteiger partial charge < -0.3 is 33.9 Å². The Morgan fingerprint density at radius 3 is 2.50 bits per heavy atom. The Morgan fingerprint density at radius 1 is 1.08 bits per heavy atom. The van der Waals surface area contributed by atoms with Crippen LogP contribution in [-0.4, -0.2) is 69.4 Å². The van der Waals surface area contributed by atoms with Gasteiger partial charge in [-0.05, 0) is 42.5 Å². The molecule has 0 aliphatic carbocycles. The number of anilines is 1. The van der Waals surface area contributed by atoms with Gasteiger partial charge in [-0.3, -0.25) is 9.59 Å². The van der Waals surface area contributed by atoms with Gasteiger partial charge in [0.15, 0.2) is 11.6 Å². The van der Waals surface area contributed by atoms with Crippen molar-refractivity contribution in [1.82, 2.24) is 19.0 Å². The number of hydrogen-bond donors (Lipinski definition) is 2. The maximum absolute atomic E-state index is 13.0. The molecule has 0 atom stereocenters. The second kappa shape index (κ2) is 9.38. The Labute approximate surface area is 207 Å². The summed E-state index contributed by atoms with van der Waals surface area (Å²) in [4.78, 5) is 32.1. The van der Waals surface area contributed by atoms with Gasteiger partial charge in [-0.25, -0.2) is 4.98 Å². The molecule has 5 rings (SSSR count). The third-order valence-electron chi connectivity index (χ3n) is 6.39. The normalized spacial score (nSPS) is 13.7. The fraction of sp³-hybridized carbons (Fsp3) is 0.269. The van der Waals surface area contributed by atoms with Crippen LogP contribution >= 0.6 is 0 Å². The molecule has 0 unspecified atom stereocenters. The second-order valence-electron chi connectivity index (χ2n) is 8.64. The largest absolute Gasteiger partial charge is 0.505 e. The van der Waals surface area contributed by atoms with Gasteiger partial charge in [-0.2, -0.15) is 0 Å². The number of nitrogens with one attached hydrogen (secondary N) is 1. The van der Waals surface area contributed by atoms with Gasteiger partial charge in [0.1, 0.15) is 11.4 Å². The third-order valence-corrected chi connectivity index (χ3v) is 6.39. The predicted molar refractivity (Wildman–Crippen MR) is 134 cm³/mol. The summed E-state index contributed by atoms with van der Waals surface area (Å²) >= 11 is 0. The van der Waals surface area contributed by atoms with Crippen LogP contribution in [-0.2, 0) is 18.8 Å². The van der Waals surface area contributed by atoms with E-state index in [1.165, 1.54) is 0 Å². The summed E-state index contributed by atoms with van der Waals surface area (Å²) in [5.74, 6) is 0.581. The van der Waals surface area contributed by atoms with Crippen LogP contribution in [0, 0.1) is 0 Å². The summed E-state index contributed by atoms with van der Waals surface area (Å²) in [6, 6.07) is 12.3. The Bertz CT molecular complexity index is 1450. The molecule has 1 aliphatic rings. The van der Waals surface area contributed by atoms with Crippen molar-refractivity contribution in [3.05, 3.63) is 59.8 Å². The van der Waals surface area contributed by atoms with E-state index in [0.29, 0.717) is 60.3 Å². The topological polar surface area (TPSA) is 111 Å². The summed E-state index contributed by atoms with van der Waals surface area (Å²) in [6.45, 7) is 1.93. The van der Waals surface area contributed by atoms with Gasteiger partial charge in [0.05, 0.1) is 36.9 Å². The zero-order valence-corrected chi connectivity index (χ0v) is 20.3.